The monoisotopic (exact) mass is 530 g/mol. The lowest BCUT2D eigenvalue weighted by atomic mass is 9.95. The summed E-state index contributed by atoms with van der Waals surface area (Å²) in [5, 5.41) is 20.9. The van der Waals surface area contributed by atoms with Gasteiger partial charge in [0.15, 0.2) is 0 Å². The Hall–Kier alpha value is -5.57. The van der Waals surface area contributed by atoms with Gasteiger partial charge in [0, 0.05) is 6.42 Å². The number of nitrogens with zero attached hydrogens (tertiary/aromatic N) is 4. The Kier molecular flexibility index (Phi) is 6.48. The van der Waals surface area contributed by atoms with Gasteiger partial charge in [-0.25, -0.2) is 0 Å². The van der Waals surface area contributed by atoms with Crippen LogP contribution in [0.1, 0.15) is 27.8 Å². The SMILES string of the molecule is [C-]#[N+]C([N+]#[C-])=C1Cc2cc3c(cc2=C1c1cccc(C)c1)CC(=C(C#N)C#N)C=3c1cccc(OC(F)(F)F)c1. The first kappa shape index (κ1) is 26.1. The molecule has 0 N–H and O–H groups in total. The molecule has 0 spiro atoms. The lowest BCUT2D eigenvalue weighted by Crippen LogP contribution is -2.18. The lowest BCUT2D eigenvalue weighted by Gasteiger charge is -2.12. The zero-order valence-electron chi connectivity index (χ0n) is 21.0. The number of nitriles is 2. The van der Waals surface area contributed by atoms with Gasteiger partial charge >= 0.3 is 12.2 Å². The van der Waals surface area contributed by atoms with Crippen molar-refractivity contribution in [3.8, 4) is 17.9 Å². The summed E-state index contributed by atoms with van der Waals surface area (Å²) >= 11 is 0. The van der Waals surface area contributed by atoms with Crippen LogP contribution in [0.3, 0.4) is 0 Å². The fourth-order valence-corrected chi connectivity index (χ4v) is 5.36. The van der Waals surface area contributed by atoms with Crippen LogP contribution in [-0.2, 0) is 12.8 Å². The van der Waals surface area contributed by atoms with Crippen molar-refractivity contribution in [3.05, 3.63) is 144 Å². The Morgan fingerprint density at radius 1 is 0.825 bits per heavy atom. The fraction of sp³-hybridized carbons (Fsp3) is 0.125. The normalized spacial score (nSPS) is 13.5. The van der Waals surface area contributed by atoms with Crippen molar-refractivity contribution in [2.75, 3.05) is 0 Å². The molecule has 0 bridgehead atoms. The number of ether oxygens (including phenoxy) is 1. The van der Waals surface area contributed by atoms with Crippen LogP contribution in [-0.4, -0.2) is 6.36 Å². The van der Waals surface area contributed by atoms with E-state index in [4.69, 9.17) is 13.1 Å². The van der Waals surface area contributed by atoms with Gasteiger partial charge in [0.2, 0.25) is 0 Å². The summed E-state index contributed by atoms with van der Waals surface area (Å²) in [5.74, 6) is -0.438. The number of halogens is 3. The van der Waals surface area contributed by atoms with Gasteiger partial charge in [-0.3, -0.25) is 0 Å². The molecule has 2 aliphatic carbocycles. The molecular formula is C32H17F3N4O. The molecule has 0 unspecified atom stereocenters. The Morgan fingerprint density at radius 3 is 1.93 bits per heavy atom. The molecule has 2 aliphatic rings. The molecular weight excluding hydrogens is 513 g/mol. The second kappa shape index (κ2) is 9.95. The van der Waals surface area contributed by atoms with Crippen molar-refractivity contribution in [2.24, 2.45) is 0 Å². The minimum Gasteiger partial charge on any atom is -0.406 e. The van der Waals surface area contributed by atoms with E-state index in [1.54, 1.807) is 6.07 Å². The van der Waals surface area contributed by atoms with Gasteiger partial charge in [-0.05, 0) is 87.0 Å². The van der Waals surface area contributed by atoms with Crippen LogP contribution in [0.2, 0.25) is 0 Å². The highest BCUT2D eigenvalue weighted by molar-refractivity contribution is 5.88. The number of fused-ring (bicyclic) bond motifs is 2. The zero-order chi connectivity index (χ0) is 28.6. The van der Waals surface area contributed by atoms with Crippen LogP contribution in [0.4, 0.5) is 13.2 Å². The molecule has 8 heteroatoms. The standard InChI is InChI=1S/C32H17F3N4O/c1-18-6-4-7-19(10-18)30-26-12-21-14-27(23(16-36)17-37)29(20-8-5-9-24(11-20)40-32(33,34)35)25(21)13-22(26)15-28(30)31(38-2)39-3/h4-13H,14-15H2,1H3. The number of benzene rings is 3. The van der Waals surface area contributed by atoms with Gasteiger partial charge in [0.25, 0.3) is 0 Å². The smallest absolute Gasteiger partial charge is 0.406 e. The van der Waals surface area contributed by atoms with Gasteiger partial charge < -0.3 is 4.74 Å². The summed E-state index contributed by atoms with van der Waals surface area (Å²) in [6.07, 6.45) is -4.34. The number of aryl methyl sites for hydroxylation is 1. The predicted octanol–water partition coefficient (Wildman–Crippen LogP) is 5.80. The summed E-state index contributed by atoms with van der Waals surface area (Å²) in [6, 6.07) is 20.9. The molecule has 0 saturated carbocycles. The van der Waals surface area contributed by atoms with E-state index in [0.717, 1.165) is 33.0 Å². The Labute approximate surface area is 227 Å². The van der Waals surface area contributed by atoms with E-state index in [0.29, 0.717) is 33.9 Å². The minimum absolute atomic E-state index is 0.0223. The maximum Gasteiger partial charge on any atom is 0.573 e. The molecule has 40 heavy (non-hydrogen) atoms. The van der Waals surface area contributed by atoms with Crippen molar-refractivity contribution in [2.45, 2.75) is 26.1 Å². The average Bonchev–Trinajstić information content (AvgIpc) is 3.46. The first-order chi connectivity index (χ1) is 19.2. The van der Waals surface area contributed by atoms with Crippen LogP contribution in [0.15, 0.2) is 83.2 Å². The number of rotatable bonds is 3. The third kappa shape index (κ3) is 4.60. The number of alkyl halides is 3. The van der Waals surface area contributed by atoms with E-state index in [9.17, 15) is 23.7 Å². The molecule has 0 fully saturated rings. The maximum absolute atomic E-state index is 12.9. The molecule has 0 radical (unpaired) electrons. The predicted molar refractivity (Wildman–Crippen MR) is 141 cm³/mol. The van der Waals surface area contributed by atoms with Crippen molar-refractivity contribution >= 4 is 11.1 Å². The first-order valence-electron chi connectivity index (χ1n) is 12.0. The summed E-state index contributed by atoms with van der Waals surface area (Å²) in [5.41, 5.74) is 6.05. The molecule has 3 aromatic carbocycles. The molecule has 0 saturated heterocycles. The Balaban J connectivity index is 1.85. The van der Waals surface area contributed by atoms with Gasteiger partial charge in [0.05, 0.1) is 5.57 Å². The Morgan fingerprint density at radius 2 is 1.38 bits per heavy atom. The average molecular weight is 531 g/mol. The van der Waals surface area contributed by atoms with Crippen molar-refractivity contribution < 1.29 is 17.9 Å². The fourth-order valence-electron chi connectivity index (χ4n) is 5.36. The van der Waals surface area contributed by atoms with Crippen molar-refractivity contribution in [3.63, 3.8) is 0 Å². The lowest BCUT2D eigenvalue weighted by molar-refractivity contribution is -0.274. The van der Waals surface area contributed by atoms with Gasteiger partial charge in [-0.2, -0.15) is 20.2 Å². The molecule has 0 amide bonds. The van der Waals surface area contributed by atoms with Crippen LogP contribution in [0.25, 0.3) is 20.8 Å². The third-order valence-corrected chi connectivity index (χ3v) is 6.88. The first-order valence-corrected chi connectivity index (χ1v) is 12.0. The van der Waals surface area contributed by atoms with Gasteiger partial charge in [0.1, 0.15) is 36.6 Å². The summed E-state index contributed by atoms with van der Waals surface area (Å²) < 4.78 is 43.0. The van der Waals surface area contributed by atoms with Crippen molar-refractivity contribution in [1.29, 1.82) is 10.5 Å². The maximum atomic E-state index is 12.9. The van der Waals surface area contributed by atoms with Crippen LogP contribution in [0, 0.1) is 42.7 Å². The van der Waals surface area contributed by atoms with E-state index in [-0.39, 0.29) is 17.8 Å². The molecule has 5 nitrogen and oxygen atoms in total. The van der Waals surface area contributed by atoms with Crippen LogP contribution in [0.5, 0.6) is 5.75 Å². The molecule has 0 atom stereocenters. The number of hydrogen-bond donors (Lipinski definition) is 0. The second-order valence-corrected chi connectivity index (χ2v) is 9.32. The zero-order valence-corrected chi connectivity index (χ0v) is 21.0. The number of allylic oxidation sites excluding steroid dienone is 3. The highest BCUT2D eigenvalue weighted by Gasteiger charge is 2.32. The van der Waals surface area contributed by atoms with E-state index in [2.05, 4.69) is 14.4 Å². The van der Waals surface area contributed by atoms with Crippen LogP contribution >= 0.6 is 0 Å². The van der Waals surface area contributed by atoms with E-state index in [1.807, 2.05) is 55.5 Å². The molecule has 3 aromatic rings. The van der Waals surface area contributed by atoms with Crippen LogP contribution < -0.4 is 15.2 Å². The van der Waals surface area contributed by atoms with Gasteiger partial charge in [-0.1, -0.05) is 42.0 Å². The summed E-state index contributed by atoms with van der Waals surface area (Å²) in [7, 11) is 0. The van der Waals surface area contributed by atoms with Crippen molar-refractivity contribution in [1.82, 2.24) is 0 Å². The molecule has 0 aliphatic heterocycles. The third-order valence-electron chi connectivity index (χ3n) is 6.88. The second-order valence-electron chi connectivity index (χ2n) is 9.32. The summed E-state index contributed by atoms with van der Waals surface area (Å²) in [4.78, 5) is 6.94. The highest BCUT2D eigenvalue weighted by atomic mass is 19.4. The number of hydrogen-bond acceptors (Lipinski definition) is 3. The largest absolute Gasteiger partial charge is 0.573 e. The van der Waals surface area contributed by atoms with E-state index < -0.39 is 12.1 Å². The molecule has 5 rings (SSSR count). The van der Waals surface area contributed by atoms with E-state index >= 15 is 0 Å². The molecule has 0 heterocycles. The quantitative estimate of drug-likeness (QED) is 0.318. The van der Waals surface area contributed by atoms with Gasteiger partial charge in [-0.15, -0.1) is 13.2 Å². The topological polar surface area (TPSA) is 65.5 Å². The Bertz CT molecular complexity index is 1940. The molecule has 0 aromatic heterocycles. The van der Waals surface area contributed by atoms with E-state index in [1.165, 1.54) is 18.2 Å². The summed E-state index contributed by atoms with van der Waals surface area (Å²) in [6.45, 7) is 17.1. The molecule has 192 valence electrons. The minimum atomic E-state index is -4.88. The highest BCUT2D eigenvalue weighted by Crippen LogP contribution is 2.36.